The van der Waals surface area contributed by atoms with Gasteiger partial charge in [-0.1, -0.05) is 55.3 Å². The molecular formula is C45H55FeN13O9. The first-order valence-electron chi connectivity index (χ1n) is 21.5. The van der Waals surface area contributed by atoms with Gasteiger partial charge in [-0.2, -0.15) is 6.20 Å². The molecular weight excluding hydrogens is 922 g/mol. The van der Waals surface area contributed by atoms with Crippen LogP contribution in [0.3, 0.4) is 0 Å². The van der Waals surface area contributed by atoms with Gasteiger partial charge in [-0.05, 0) is 69.1 Å². The molecule has 22 nitrogen and oxygen atoms in total. The van der Waals surface area contributed by atoms with Crippen molar-refractivity contribution in [3.05, 3.63) is 112 Å². The largest absolute Gasteiger partial charge is 2.00 e. The summed E-state index contributed by atoms with van der Waals surface area (Å²) in [7, 11) is 0. The summed E-state index contributed by atoms with van der Waals surface area (Å²) in [6.45, 7) is 2.24. The summed E-state index contributed by atoms with van der Waals surface area (Å²) in [5.41, 5.74) is 23.4. The average Bonchev–Trinajstić information content (AvgIpc) is 4.16. The summed E-state index contributed by atoms with van der Waals surface area (Å²) in [6.07, 6.45) is 19.4. The molecule has 12 N–H and O–H groups in total. The van der Waals surface area contributed by atoms with Gasteiger partial charge in [0.05, 0.1) is 36.7 Å². The summed E-state index contributed by atoms with van der Waals surface area (Å²) in [5.74, 6) is -7.14. The monoisotopic (exact) mass is 977 g/mol. The number of carbonyl (C=O) groups is 8. The SMILES string of the molecule is CC[C@H](C)[C@H](NC(=O)[C@H](CC(N)=O)NC(=O)[C@@H](N)CC(N)=O)C(=O)N1C[C@@H](n2cc([C]3[CH][CH][CH][CH]3)nn2)C[C@H]1C(=O)N[C@@H](Cc1c[n-]c2ccccc12)C(=O)N[C@@H](C[O-])C(N)=O.[CH]1[CH][CH][CH][CH]1.[Fe+2]. The molecule has 10 radical (unpaired) electrons. The van der Waals surface area contributed by atoms with Crippen molar-refractivity contribution in [2.75, 3.05) is 13.2 Å². The van der Waals surface area contributed by atoms with Crippen LogP contribution in [-0.4, -0.2) is 117 Å². The molecule has 8 atom stereocenters. The van der Waals surface area contributed by atoms with Crippen molar-refractivity contribution in [3.63, 3.8) is 0 Å². The standard InChI is InChI=1S/C40H50N13O9.C5H5.Fe/c1-3-20(2)34(49-38(60)28(15-33(43)56)46-36(58)25(41)14-32(42)55)40(62)52-17-23(53-18-29(50-51-53)21-8-4-5-9-21)13-31(52)39(61)47-27(37(59)48-30(19-54)35(44)57)12-22-16-45-26-11-7-6-10-24(22)26;1-2-4-5-3-1;/h4-11,16,18,20,23,25,27-28,30-31,34H,3,12-15,17,19,41H2,1-2H3,(H2,42,55)(H2,43,56)(H2,44,57)(H,46,58)(H,47,61)(H,48,59)(H,49,60);1-5H;/q-2;;+2/t20-,23-,25-,27-,28-,30-,31-,34-;;/m0../s1. The van der Waals surface area contributed by atoms with Crippen LogP contribution in [0.25, 0.3) is 10.9 Å². The number of nitrogens with two attached hydrogens (primary N) is 4. The molecule has 3 heterocycles. The number of primary amides is 3. The fourth-order valence-corrected chi connectivity index (χ4v) is 7.47. The minimum atomic E-state index is -1.62. The van der Waals surface area contributed by atoms with E-state index in [-0.39, 0.29) is 36.5 Å². The number of benzene rings is 1. The van der Waals surface area contributed by atoms with Crippen LogP contribution in [0.4, 0.5) is 0 Å². The van der Waals surface area contributed by atoms with E-state index in [1.807, 2.05) is 57.8 Å². The molecule has 3 aromatic rings. The van der Waals surface area contributed by atoms with E-state index in [0.29, 0.717) is 28.6 Å². The number of nitrogens with zero attached hydrogens (tertiary/aromatic N) is 5. The van der Waals surface area contributed by atoms with E-state index in [1.165, 1.54) is 15.8 Å². The second-order valence-corrected chi connectivity index (χ2v) is 16.2. The molecule has 23 heteroatoms. The van der Waals surface area contributed by atoms with Crippen LogP contribution < -0.4 is 54.3 Å². The Labute approximate surface area is 405 Å². The van der Waals surface area contributed by atoms with E-state index in [2.05, 4.69) is 36.6 Å². The predicted octanol–water partition coefficient (Wildman–Crippen LogP) is -3.55. The number of hydrogen-bond acceptors (Lipinski definition) is 12. The van der Waals surface area contributed by atoms with Crippen LogP contribution in [0.15, 0.2) is 36.7 Å². The molecule has 6 rings (SSSR count). The summed E-state index contributed by atoms with van der Waals surface area (Å²) >= 11 is 0. The molecule has 2 saturated carbocycles. The Kier molecular flexibility index (Phi) is 20.9. The Hall–Kier alpha value is -5.90. The van der Waals surface area contributed by atoms with Crippen molar-refractivity contribution in [2.24, 2.45) is 28.9 Å². The maximum Gasteiger partial charge on any atom is 2.00 e. The molecule has 3 aliphatic rings. The van der Waals surface area contributed by atoms with Crippen molar-refractivity contribution < 1.29 is 60.5 Å². The zero-order chi connectivity index (χ0) is 48.8. The zero-order valence-electron chi connectivity index (χ0n) is 37.3. The third-order valence-corrected chi connectivity index (χ3v) is 11.3. The quantitative estimate of drug-likeness (QED) is 0.0480. The molecule has 1 aromatic carbocycles. The van der Waals surface area contributed by atoms with Crippen LogP contribution in [0.5, 0.6) is 0 Å². The number of rotatable bonds is 21. The number of para-hydroxylation sites is 1. The van der Waals surface area contributed by atoms with Gasteiger partial charge in [0.1, 0.15) is 24.2 Å². The number of fused-ring (bicyclic) bond motifs is 1. The van der Waals surface area contributed by atoms with Crippen molar-refractivity contribution in [1.29, 1.82) is 0 Å². The topological polar surface area (TPSA) is 360 Å². The fourth-order valence-electron chi connectivity index (χ4n) is 7.47. The number of carbonyl (C=O) groups excluding carboxylic acids is 8. The Balaban J connectivity index is 0.00000157. The molecule has 0 spiro atoms. The van der Waals surface area contributed by atoms with Gasteiger partial charge in [0.25, 0.3) is 0 Å². The Morgan fingerprint density at radius 3 is 2.04 bits per heavy atom. The first-order chi connectivity index (χ1) is 32.0. The van der Waals surface area contributed by atoms with Crippen LogP contribution in [0.2, 0.25) is 0 Å². The Morgan fingerprint density at radius 1 is 0.824 bits per heavy atom. The summed E-state index contributed by atoms with van der Waals surface area (Å²) in [5, 5.41) is 31.0. The first kappa shape index (κ1) is 54.7. The van der Waals surface area contributed by atoms with Crippen molar-refractivity contribution >= 4 is 58.2 Å². The number of likely N-dealkylation sites (tertiary alicyclic amines) is 1. The van der Waals surface area contributed by atoms with Crippen molar-refractivity contribution in [2.45, 2.75) is 88.2 Å². The molecule has 68 heavy (non-hydrogen) atoms. The van der Waals surface area contributed by atoms with E-state index < -0.39 is 115 Å². The fraction of sp³-hybridized carbons (Fsp3) is 0.378. The second kappa shape index (κ2) is 26.0. The van der Waals surface area contributed by atoms with Gasteiger partial charge in [0, 0.05) is 31.5 Å². The molecule has 0 unspecified atom stereocenters. The minimum Gasteiger partial charge on any atom is -0.853 e. The summed E-state index contributed by atoms with van der Waals surface area (Å²) in [4.78, 5) is 111. The molecule has 362 valence electrons. The normalized spacial score (nSPS) is 19.5. The molecule has 2 aliphatic carbocycles. The van der Waals surface area contributed by atoms with Gasteiger partial charge in [-0.3, -0.25) is 38.4 Å². The molecule has 8 amide bonds. The Bertz CT molecular complexity index is 2220. The third kappa shape index (κ3) is 14.8. The van der Waals surface area contributed by atoms with E-state index in [0.717, 1.165) is 5.92 Å². The van der Waals surface area contributed by atoms with Crippen LogP contribution in [-0.2, 0) is 61.8 Å². The van der Waals surface area contributed by atoms with Crippen LogP contribution >= 0.6 is 0 Å². The maximum atomic E-state index is 14.8. The van der Waals surface area contributed by atoms with Gasteiger partial charge < -0.3 is 59.2 Å². The van der Waals surface area contributed by atoms with Gasteiger partial charge in [-0.15, -0.1) is 17.2 Å². The molecule has 3 fully saturated rings. The summed E-state index contributed by atoms with van der Waals surface area (Å²) < 4.78 is 1.51. The van der Waals surface area contributed by atoms with Gasteiger partial charge in [0.15, 0.2) is 0 Å². The van der Waals surface area contributed by atoms with Crippen molar-refractivity contribution in [1.82, 2.24) is 46.1 Å². The number of hydrogen-bond donors (Lipinski definition) is 8. The van der Waals surface area contributed by atoms with E-state index in [1.54, 1.807) is 44.3 Å². The zero-order valence-corrected chi connectivity index (χ0v) is 38.4. The molecule has 1 aliphatic heterocycles. The molecule has 0 bridgehead atoms. The van der Waals surface area contributed by atoms with Crippen molar-refractivity contribution in [3.8, 4) is 0 Å². The third-order valence-electron chi connectivity index (χ3n) is 11.3. The second-order valence-electron chi connectivity index (χ2n) is 16.2. The number of amides is 8. The van der Waals surface area contributed by atoms with Crippen LogP contribution in [0, 0.1) is 69.6 Å². The van der Waals surface area contributed by atoms with Gasteiger partial charge in [-0.25, -0.2) is 4.68 Å². The maximum absolute atomic E-state index is 14.8. The molecule has 1 saturated heterocycles. The van der Waals surface area contributed by atoms with E-state index in [9.17, 15) is 43.5 Å². The minimum absolute atomic E-state index is 0. The van der Waals surface area contributed by atoms with Crippen LogP contribution in [0.1, 0.15) is 56.8 Å². The predicted molar refractivity (Wildman–Crippen MR) is 238 cm³/mol. The van der Waals surface area contributed by atoms with E-state index in [4.69, 9.17) is 22.9 Å². The number of nitrogens with one attached hydrogen (secondary N) is 4. The van der Waals surface area contributed by atoms with Gasteiger partial charge in [0.2, 0.25) is 47.3 Å². The number of aromatic nitrogens is 4. The van der Waals surface area contributed by atoms with E-state index >= 15 is 0 Å². The smallest absolute Gasteiger partial charge is 0.853 e. The average molecular weight is 978 g/mol. The van der Waals surface area contributed by atoms with Gasteiger partial charge >= 0.3 is 17.1 Å². The first-order valence-corrected chi connectivity index (χ1v) is 21.5. The summed E-state index contributed by atoms with van der Waals surface area (Å²) in [6, 6.07) is -2.27. The Morgan fingerprint density at radius 2 is 1.44 bits per heavy atom. The molecule has 2 aromatic heterocycles.